The van der Waals surface area contributed by atoms with Gasteiger partial charge in [-0.05, 0) is 72.2 Å². The van der Waals surface area contributed by atoms with Crippen LogP contribution in [0.25, 0.3) is 22.0 Å². The fourth-order valence-electron chi connectivity index (χ4n) is 3.62. The molecule has 1 unspecified atom stereocenters. The summed E-state index contributed by atoms with van der Waals surface area (Å²) in [5.74, 6) is 0.0535. The average molecular weight is 481 g/mol. The first-order valence-corrected chi connectivity index (χ1v) is 11.6. The van der Waals surface area contributed by atoms with E-state index in [1.807, 2.05) is 72.7 Å². The standard InChI is InChI=1S/C26H32N4O5/c1-15-19-11-16(8-9-21(19)30(29-15)24(32)35-26(5,6)7)17-10-18(13-27-12-17)33-22(20-14-28-20)23(31)34-25(2,3)4/h8-13,20,22,28H,14H2,1-7H3/t20-,22?/m1/s1. The molecule has 0 bridgehead atoms. The highest BCUT2D eigenvalue weighted by molar-refractivity contribution is 5.92. The molecule has 1 saturated heterocycles. The van der Waals surface area contributed by atoms with Crippen LogP contribution in [0.15, 0.2) is 36.7 Å². The number of hydrogen-bond acceptors (Lipinski definition) is 8. The summed E-state index contributed by atoms with van der Waals surface area (Å²) in [6, 6.07) is 7.42. The molecular formula is C26H32N4O5. The summed E-state index contributed by atoms with van der Waals surface area (Å²) in [5.41, 5.74) is 1.82. The van der Waals surface area contributed by atoms with Crippen LogP contribution in [-0.4, -0.2) is 56.7 Å². The van der Waals surface area contributed by atoms with E-state index >= 15 is 0 Å². The second kappa shape index (κ2) is 8.96. The van der Waals surface area contributed by atoms with Crippen molar-refractivity contribution >= 4 is 23.0 Å². The first-order chi connectivity index (χ1) is 16.3. The van der Waals surface area contributed by atoms with Crippen molar-refractivity contribution in [2.24, 2.45) is 0 Å². The topological polar surface area (TPSA) is 114 Å². The highest BCUT2D eigenvalue weighted by Gasteiger charge is 2.40. The lowest BCUT2D eigenvalue weighted by Crippen LogP contribution is -2.39. The number of carbonyl (C=O) groups excluding carboxylic acids is 2. The first-order valence-electron chi connectivity index (χ1n) is 11.6. The number of pyridine rings is 1. The second-order valence-electron chi connectivity index (χ2n) is 10.7. The molecule has 1 aliphatic heterocycles. The molecular weight excluding hydrogens is 448 g/mol. The van der Waals surface area contributed by atoms with Gasteiger partial charge < -0.3 is 19.5 Å². The molecule has 2 aromatic heterocycles. The summed E-state index contributed by atoms with van der Waals surface area (Å²) in [6.07, 6.45) is 2.01. The van der Waals surface area contributed by atoms with Crippen molar-refractivity contribution in [3.63, 3.8) is 0 Å². The van der Waals surface area contributed by atoms with E-state index in [1.54, 1.807) is 12.4 Å². The molecule has 3 aromatic rings. The molecule has 0 spiro atoms. The minimum atomic E-state index is -0.761. The van der Waals surface area contributed by atoms with E-state index < -0.39 is 29.4 Å². The van der Waals surface area contributed by atoms with Gasteiger partial charge in [-0.3, -0.25) is 4.98 Å². The average Bonchev–Trinajstić information content (AvgIpc) is 3.53. The Balaban J connectivity index is 1.60. The van der Waals surface area contributed by atoms with Crippen LogP contribution in [0.4, 0.5) is 4.79 Å². The summed E-state index contributed by atoms with van der Waals surface area (Å²) >= 11 is 0. The Morgan fingerprint density at radius 1 is 1.03 bits per heavy atom. The predicted octanol–water partition coefficient (Wildman–Crippen LogP) is 4.25. The number of nitrogens with one attached hydrogen (secondary N) is 1. The Morgan fingerprint density at radius 2 is 1.71 bits per heavy atom. The number of fused-ring (bicyclic) bond motifs is 1. The predicted molar refractivity (Wildman–Crippen MR) is 131 cm³/mol. The van der Waals surface area contributed by atoms with Crippen molar-refractivity contribution in [2.75, 3.05) is 6.54 Å². The molecule has 1 aromatic carbocycles. The highest BCUT2D eigenvalue weighted by Crippen LogP contribution is 2.29. The van der Waals surface area contributed by atoms with Gasteiger partial charge in [0, 0.05) is 23.7 Å². The maximum atomic E-state index is 12.7. The summed E-state index contributed by atoms with van der Waals surface area (Å²) in [5, 5.41) is 8.34. The smallest absolute Gasteiger partial charge is 0.435 e. The molecule has 3 heterocycles. The molecule has 1 N–H and O–H groups in total. The third-order valence-corrected chi connectivity index (χ3v) is 5.18. The van der Waals surface area contributed by atoms with Gasteiger partial charge in [-0.1, -0.05) is 6.07 Å². The largest absolute Gasteiger partial charge is 0.475 e. The summed E-state index contributed by atoms with van der Waals surface area (Å²) < 4.78 is 18.3. The molecule has 0 amide bonds. The van der Waals surface area contributed by atoms with Gasteiger partial charge in [-0.15, -0.1) is 0 Å². The quantitative estimate of drug-likeness (QED) is 0.426. The number of aromatic nitrogens is 3. The Hall–Kier alpha value is -3.46. The van der Waals surface area contributed by atoms with Crippen molar-refractivity contribution in [3.05, 3.63) is 42.4 Å². The molecule has 4 rings (SSSR count). The molecule has 1 aliphatic rings. The summed E-state index contributed by atoms with van der Waals surface area (Å²) in [7, 11) is 0. The number of carbonyl (C=O) groups is 2. The Bertz CT molecular complexity index is 1260. The van der Waals surface area contributed by atoms with Gasteiger partial charge in [0.1, 0.15) is 17.0 Å². The third-order valence-electron chi connectivity index (χ3n) is 5.18. The van der Waals surface area contributed by atoms with E-state index in [4.69, 9.17) is 14.2 Å². The zero-order chi connectivity index (χ0) is 25.5. The number of rotatable bonds is 5. The molecule has 0 aliphatic carbocycles. The summed E-state index contributed by atoms with van der Waals surface area (Å²) in [4.78, 5) is 29.6. The zero-order valence-electron chi connectivity index (χ0n) is 21.2. The van der Waals surface area contributed by atoms with Gasteiger partial charge in [0.05, 0.1) is 23.4 Å². The molecule has 2 atom stereocenters. The van der Waals surface area contributed by atoms with Crippen molar-refractivity contribution in [3.8, 4) is 16.9 Å². The third kappa shape index (κ3) is 5.97. The van der Waals surface area contributed by atoms with Gasteiger partial charge >= 0.3 is 12.1 Å². The fourth-order valence-corrected chi connectivity index (χ4v) is 3.62. The number of esters is 1. The second-order valence-corrected chi connectivity index (χ2v) is 10.7. The number of ether oxygens (including phenoxy) is 3. The van der Waals surface area contributed by atoms with Crippen molar-refractivity contribution < 1.29 is 23.8 Å². The molecule has 1 fully saturated rings. The van der Waals surface area contributed by atoms with Gasteiger partial charge in [0.2, 0.25) is 6.10 Å². The van der Waals surface area contributed by atoms with Crippen LogP contribution >= 0.6 is 0 Å². The lowest BCUT2D eigenvalue weighted by molar-refractivity contribution is -0.163. The number of benzene rings is 1. The monoisotopic (exact) mass is 480 g/mol. The van der Waals surface area contributed by atoms with E-state index in [2.05, 4.69) is 15.4 Å². The minimum absolute atomic E-state index is 0.0915. The lowest BCUT2D eigenvalue weighted by atomic mass is 10.0. The zero-order valence-corrected chi connectivity index (χ0v) is 21.2. The van der Waals surface area contributed by atoms with E-state index in [0.29, 0.717) is 23.5 Å². The fraction of sp³-hybridized carbons (Fsp3) is 0.462. The van der Waals surface area contributed by atoms with Crippen LogP contribution in [0.2, 0.25) is 0 Å². The minimum Gasteiger partial charge on any atom is -0.475 e. The van der Waals surface area contributed by atoms with Crippen molar-refractivity contribution in [2.45, 2.75) is 71.8 Å². The number of hydrogen-bond donors (Lipinski definition) is 1. The number of nitrogens with zero attached hydrogens (tertiary/aromatic N) is 3. The van der Waals surface area contributed by atoms with Crippen LogP contribution in [0, 0.1) is 6.92 Å². The molecule has 35 heavy (non-hydrogen) atoms. The Morgan fingerprint density at radius 3 is 2.34 bits per heavy atom. The molecule has 0 radical (unpaired) electrons. The SMILES string of the molecule is Cc1nn(C(=O)OC(C)(C)C)c2ccc(-c3cncc(OC(C(=O)OC(C)(C)C)[C@H]4CN4)c3)cc12. The van der Waals surface area contributed by atoms with Gasteiger partial charge in [-0.2, -0.15) is 9.78 Å². The van der Waals surface area contributed by atoms with Gasteiger partial charge in [0.25, 0.3) is 0 Å². The van der Waals surface area contributed by atoms with Crippen LogP contribution < -0.4 is 10.1 Å². The van der Waals surface area contributed by atoms with E-state index in [9.17, 15) is 9.59 Å². The van der Waals surface area contributed by atoms with Crippen LogP contribution in [0.1, 0.15) is 47.2 Å². The van der Waals surface area contributed by atoms with Crippen molar-refractivity contribution in [1.82, 2.24) is 20.1 Å². The maximum Gasteiger partial charge on any atom is 0.435 e. The highest BCUT2D eigenvalue weighted by atomic mass is 16.6. The van der Waals surface area contributed by atoms with Crippen LogP contribution in [0.5, 0.6) is 5.75 Å². The van der Waals surface area contributed by atoms with E-state index in [0.717, 1.165) is 16.5 Å². The maximum absolute atomic E-state index is 12.7. The Labute approximate surface area is 204 Å². The van der Waals surface area contributed by atoms with Crippen molar-refractivity contribution in [1.29, 1.82) is 0 Å². The van der Waals surface area contributed by atoms with Gasteiger partial charge in [-0.25, -0.2) is 9.59 Å². The normalized spacial score (nSPS) is 16.6. The van der Waals surface area contributed by atoms with E-state index in [1.165, 1.54) is 4.68 Å². The molecule has 9 nitrogen and oxygen atoms in total. The van der Waals surface area contributed by atoms with Gasteiger partial charge in [0.15, 0.2) is 0 Å². The summed E-state index contributed by atoms with van der Waals surface area (Å²) in [6.45, 7) is 13.5. The molecule has 186 valence electrons. The van der Waals surface area contributed by atoms with Crippen LogP contribution in [0.3, 0.4) is 0 Å². The number of aryl methyl sites for hydroxylation is 1. The van der Waals surface area contributed by atoms with E-state index in [-0.39, 0.29) is 6.04 Å². The molecule has 0 saturated carbocycles. The first kappa shape index (κ1) is 24.7. The lowest BCUT2D eigenvalue weighted by Gasteiger charge is -2.24. The molecule has 9 heteroatoms. The Kier molecular flexibility index (Phi) is 6.31. The van der Waals surface area contributed by atoms with Crippen LogP contribution in [-0.2, 0) is 14.3 Å².